The van der Waals surface area contributed by atoms with E-state index in [-0.39, 0.29) is 6.10 Å². The summed E-state index contributed by atoms with van der Waals surface area (Å²) in [5.74, 6) is 1.24. The Labute approximate surface area is 145 Å². The Balaban J connectivity index is 1.48. The number of rotatable bonds is 3. The van der Waals surface area contributed by atoms with Crippen LogP contribution in [-0.2, 0) is 0 Å². The SMILES string of the molecule is Clc1ccc(-c2ccc(OC3CN4CCC3CC4)nn2)cc1Cl. The van der Waals surface area contributed by atoms with Gasteiger partial charge in [-0.3, -0.25) is 4.90 Å². The van der Waals surface area contributed by atoms with Gasteiger partial charge in [0.15, 0.2) is 0 Å². The minimum Gasteiger partial charge on any atom is -0.472 e. The molecule has 23 heavy (non-hydrogen) atoms. The van der Waals surface area contributed by atoms with Crippen LogP contribution >= 0.6 is 23.2 Å². The summed E-state index contributed by atoms with van der Waals surface area (Å²) in [4.78, 5) is 2.46. The summed E-state index contributed by atoms with van der Waals surface area (Å²) in [5, 5.41) is 9.52. The summed E-state index contributed by atoms with van der Waals surface area (Å²) in [5.41, 5.74) is 1.64. The Bertz CT molecular complexity index is 699. The quantitative estimate of drug-likeness (QED) is 0.841. The molecule has 3 fully saturated rings. The van der Waals surface area contributed by atoms with Crippen molar-refractivity contribution in [2.24, 2.45) is 5.92 Å². The predicted molar refractivity (Wildman–Crippen MR) is 91.1 cm³/mol. The number of aromatic nitrogens is 2. The van der Waals surface area contributed by atoms with E-state index in [4.69, 9.17) is 27.9 Å². The molecule has 0 spiro atoms. The van der Waals surface area contributed by atoms with Crippen LogP contribution in [0.1, 0.15) is 12.8 Å². The largest absolute Gasteiger partial charge is 0.472 e. The fourth-order valence-electron chi connectivity index (χ4n) is 3.39. The molecule has 0 radical (unpaired) electrons. The lowest BCUT2D eigenvalue weighted by Gasteiger charge is -2.44. The van der Waals surface area contributed by atoms with E-state index in [0.29, 0.717) is 21.8 Å². The van der Waals surface area contributed by atoms with Gasteiger partial charge in [0.2, 0.25) is 5.88 Å². The molecule has 4 nitrogen and oxygen atoms in total. The monoisotopic (exact) mass is 349 g/mol. The first-order valence-electron chi connectivity index (χ1n) is 7.87. The standard InChI is InChI=1S/C17H17Cl2N3O/c18-13-2-1-12(9-14(13)19)15-3-4-17(21-20-15)23-16-10-22-7-5-11(16)6-8-22/h1-4,9,11,16H,5-8,10H2. The third kappa shape index (κ3) is 3.16. The highest BCUT2D eigenvalue weighted by Crippen LogP contribution is 2.31. The minimum absolute atomic E-state index is 0.239. The summed E-state index contributed by atoms with van der Waals surface area (Å²) in [7, 11) is 0. The number of piperidine rings is 3. The molecule has 3 saturated heterocycles. The van der Waals surface area contributed by atoms with Gasteiger partial charge >= 0.3 is 0 Å². The molecule has 1 aromatic heterocycles. The number of hydrogen-bond donors (Lipinski definition) is 0. The average molecular weight is 350 g/mol. The molecule has 3 aliphatic rings. The molecule has 1 atom stereocenters. The molecular weight excluding hydrogens is 333 g/mol. The molecule has 6 heteroatoms. The van der Waals surface area contributed by atoms with Crippen molar-refractivity contribution >= 4 is 23.2 Å². The molecule has 2 bridgehead atoms. The van der Waals surface area contributed by atoms with Gasteiger partial charge in [-0.25, -0.2) is 0 Å². The van der Waals surface area contributed by atoms with Crippen LogP contribution in [0.25, 0.3) is 11.3 Å². The maximum Gasteiger partial charge on any atom is 0.233 e. The van der Waals surface area contributed by atoms with Gasteiger partial charge in [-0.2, -0.15) is 0 Å². The van der Waals surface area contributed by atoms with Gasteiger partial charge in [0.05, 0.1) is 15.7 Å². The van der Waals surface area contributed by atoms with Gasteiger partial charge in [-0.1, -0.05) is 29.3 Å². The predicted octanol–water partition coefficient (Wildman–Crippen LogP) is 3.92. The van der Waals surface area contributed by atoms with E-state index >= 15 is 0 Å². The molecule has 0 N–H and O–H groups in total. The normalized spacial score (nSPS) is 26.3. The summed E-state index contributed by atoms with van der Waals surface area (Å²) < 4.78 is 6.06. The van der Waals surface area contributed by atoms with E-state index in [1.54, 1.807) is 12.1 Å². The molecule has 1 unspecified atom stereocenters. The highest BCUT2D eigenvalue weighted by molar-refractivity contribution is 6.42. The van der Waals surface area contributed by atoms with Crippen LogP contribution in [-0.4, -0.2) is 40.8 Å². The van der Waals surface area contributed by atoms with Gasteiger partial charge in [-0.05, 0) is 50.0 Å². The zero-order chi connectivity index (χ0) is 15.8. The number of hydrogen-bond acceptors (Lipinski definition) is 4. The van der Waals surface area contributed by atoms with Gasteiger partial charge in [0.25, 0.3) is 0 Å². The molecule has 1 aromatic carbocycles. The van der Waals surface area contributed by atoms with Crippen LogP contribution in [0.5, 0.6) is 5.88 Å². The van der Waals surface area contributed by atoms with E-state index in [2.05, 4.69) is 15.1 Å². The highest BCUT2D eigenvalue weighted by Gasteiger charge is 2.35. The fourth-order valence-corrected chi connectivity index (χ4v) is 3.69. The first kappa shape index (κ1) is 15.2. The molecule has 120 valence electrons. The molecular formula is C17H17Cl2N3O. The average Bonchev–Trinajstić information content (AvgIpc) is 2.59. The zero-order valence-corrected chi connectivity index (χ0v) is 14.1. The Morgan fingerprint density at radius 1 is 1.00 bits per heavy atom. The summed E-state index contributed by atoms with van der Waals surface area (Å²) in [6, 6.07) is 9.22. The maximum absolute atomic E-state index is 6.06. The second kappa shape index (κ2) is 6.27. The number of halogens is 2. The van der Waals surface area contributed by atoms with Crippen molar-refractivity contribution in [2.45, 2.75) is 18.9 Å². The van der Waals surface area contributed by atoms with Crippen molar-refractivity contribution in [3.8, 4) is 17.1 Å². The smallest absolute Gasteiger partial charge is 0.233 e. The van der Waals surface area contributed by atoms with Gasteiger partial charge in [0.1, 0.15) is 6.10 Å². The van der Waals surface area contributed by atoms with Gasteiger partial charge in [-0.15, -0.1) is 10.2 Å². The number of ether oxygens (including phenoxy) is 1. The van der Waals surface area contributed by atoms with Crippen LogP contribution in [0.15, 0.2) is 30.3 Å². The maximum atomic E-state index is 6.06. The zero-order valence-electron chi connectivity index (χ0n) is 12.6. The minimum atomic E-state index is 0.239. The Morgan fingerprint density at radius 2 is 1.83 bits per heavy atom. The second-order valence-corrected chi connectivity index (χ2v) is 6.99. The van der Waals surface area contributed by atoms with Gasteiger partial charge in [0, 0.05) is 18.2 Å². The molecule has 0 saturated carbocycles. The lowest BCUT2D eigenvalue weighted by atomic mass is 9.86. The van der Waals surface area contributed by atoms with Crippen LogP contribution in [0.4, 0.5) is 0 Å². The van der Waals surface area contributed by atoms with Crippen molar-refractivity contribution in [3.63, 3.8) is 0 Å². The lowest BCUT2D eigenvalue weighted by Crippen LogP contribution is -2.52. The van der Waals surface area contributed by atoms with E-state index in [1.165, 1.54) is 25.9 Å². The number of fused-ring (bicyclic) bond motifs is 3. The summed E-state index contributed by atoms with van der Waals surface area (Å²) in [6.45, 7) is 3.40. The van der Waals surface area contributed by atoms with Crippen LogP contribution < -0.4 is 4.74 Å². The fraction of sp³-hybridized carbons (Fsp3) is 0.412. The Hall–Kier alpha value is -1.36. The van der Waals surface area contributed by atoms with E-state index < -0.39 is 0 Å². The number of nitrogens with zero attached hydrogens (tertiary/aromatic N) is 3. The molecule has 0 aliphatic carbocycles. The molecule has 0 amide bonds. The van der Waals surface area contributed by atoms with Crippen molar-refractivity contribution < 1.29 is 4.74 Å². The van der Waals surface area contributed by atoms with E-state index in [1.807, 2.05) is 18.2 Å². The van der Waals surface area contributed by atoms with Crippen molar-refractivity contribution in [3.05, 3.63) is 40.4 Å². The van der Waals surface area contributed by atoms with Crippen molar-refractivity contribution in [1.29, 1.82) is 0 Å². The van der Waals surface area contributed by atoms with Crippen molar-refractivity contribution in [2.75, 3.05) is 19.6 Å². The van der Waals surface area contributed by atoms with E-state index in [9.17, 15) is 0 Å². The van der Waals surface area contributed by atoms with E-state index in [0.717, 1.165) is 17.8 Å². The second-order valence-electron chi connectivity index (χ2n) is 6.18. The molecule has 2 aromatic rings. The Kier molecular flexibility index (Phi) is 4.14. The Morgan fingerprint density at radius 3 is 2.43 bits per heavy atom. The van der Waals surface area contributed by atoms with Gasteiger partial charge < -0.3 is 4.74 Å². The molecule has 4 heterocycles. The molecule has 5 rings (SSSR count). The highest BCUT2D eigenvalue weighted by atomic mass is 35.5. The topological polar surface area (TPSA) is 38.2 Å². The lowest BCUT2D eigenvalue weighted by molar-refractivity contribution is -0.0103. The first-order valence-corrected chi connectivity index (χ1v) is 8.63. The third-order valence-electron chi connectivity index (χ3n) is 4.72. The van der Waals surface area contributed by atoms with Crippen LogP contribution in [0.2, 0.25) is 10.0 Å². The first-order chi connectivity index (χ1) is 11.2. The molecule has 3 aliphatic heterocycles. The summed E-state index contributed by atoms with van der Waals surface area (Å²) >= 11 is 12.0. The third-order valence-corrected chi connectivity index (χ3v) is 5.46. The number of benzene rings is 1. The van der Waals surface area contributed by atoms with Crippen molar-refractivity contribution in [1.82, 2.24) is 15.1 Å². The van der Waals surface area contributed by atoms with Crippen LogP contribution in [0.3, 0.4) is 0 Å². The van der Waals surface area contributed by atoms with Crippen LogP contribution in [0, 0.1) is 5.92 Å². The summed E-state index contributed by atoms with van der Waals surface area (Å²) in [6.07, 6.45) is 2.68.